The summed E-state index contributed by atoms with van der Waals surface area (Å²) in [4.78, 5) is 12.8. The highest BCUT2D eigenvalue weighted by molar-refractivity contribution is 6.27. The Labute approximate surface area is 77.9 Å². The van der Waals surface area contributed by atoms with E-state index in [4.69, 9.17) is 18.0 Å². The molecule has 12 heavy (non-hydrogen) atoms. The lowest BCUT2D eigenvalue weighted by atomic mass is 10.3. The number of terminal acetylenes is 1. The Morgan fingerprint density at radius 2 is 2.33 bits per heavy atom. The Morgan fingerprint density at radius 3 is 2.75 bits per heavy atom. The number of alkyl halides is 1. The van der Waals surface area contributed by atoms with Crippen molar-refractivity contribution in [1.29, 1.82) is 0 Å². The van der Waals surface area contributed by atoms with Gasteiger partial charge in [0.05, 0.1) is 6.54 Å². The second-order valence-corrected chi connectivity index (χ2v) is 3.32. The van der Waals surface area contributed by atoms with Gasteiger partial charge < -0.3 is 4.90 Å². The molecule has 0 aromatic heterocycles. The van der Waals surface area contributed by atoms with E-state index >= 15 is 0 Å². The number of halogens is 1. The van der Waals surface area contributed by atoms with E-state index in [1.165, 1.54) is 12.8 Å². The lowest BCUT2D eigenvalue weighted by Crippen LogP contribution is -2.34. The summed E-state index contributed by atoms with van der Waals surface area (Å²) >= 11 is 5.43. The number of amides is 1. The lowest BCUT2D eigenvalue weighted by molar-refractivity contribution is -0.128. The zero-order valence-corrected chi connectivity index (χ0v) is 7.68. The monoisotopic (exact) mass is 185 g/mol. The summed E-state index contributed by atoms with van der Waals surface area (Å²) in [6.07, 6.45) is 7.57. The summed E-state index contributed by atoms with van der Waals surface area (Å²) in [6, 6.07) is 0. The van der Waals surface area contributed by atoms with Crippen LogP contribution in [0.2, 0.25) is 0 Å². The van der Waals surface area contributed by atoms with Gasteiger partial charge in [-0.25, -0.2) is 0 Å². The lowest BCUT2D eigenvalue weighted by Gasteiger charge is -2.18. The van der Waals surface area contributed by atoms with Gasteiger partial charge in [0, 0.05) is 6.54 Å². The van der Waals surface area contributed by atoms with Crippen LogP contribution in [0.1, 0.15) is 12.8 Å². The molecule has 3 heteroatoms. The predicted molar refractivity (Wildman–Crippen MR) is 48.9 cm³/mol. The minimum Gasteiger partial charge on any atom is -0.330 e. The molecule has 66 valence electrons. The number of carbonyl (C=O) groups is 1. The Hall–Kier alpha value is -0.680. The van der Waals surface area contributed by atoms with Crippen molar-refractivity contribution in [3.63, 3.8) is 0 Å². The van der Waals surface area contributed by atoms with Gasteiger partial charge in [0.25, 0.3) is 0 Å². The van der Waals surface area contributed by atoms with E-state index in [1.807, 2.05) is 0 Å². The fraction of sp³-hybridized carbons (Fsp3) is 0.667. The highest BCUT2D eigenvalue weighted by Crippen LogP contribution is 2.29. The second-order valence-electron chi connectivity index (χ2n) is 3.06. The van der Waals surface area contributed by atoms with Crippen molar-refractivity contribution in [2.45, 2.75) is 12.8 Å². The fourth-order valence-electron chi connectivity index (χ4n) is 1.06. The maximum absolute atomic E-state index is 11.2. The Morgan fingerprint density at radius 1 is 1.67 bits per heavy atom. The largest absolute Gasteiger partial charge is 0.330 e. The van der Waals surface area contributed by atoms with E-state index in [0.29, 0.717) is 12.5 Å². The molecule has 0 N–H and O–H groups in total. The van der Waals surface area contributed by atoms with E-state index in [2.05, 4.69) is 5.92 Å². The van der Waals surface area contributed by atoms with E-state index in [9.17, 15) is 4.79 Å². The van der Waals surface area contributed by atoms with Crippen LogP contribution in [0.3, 0.4) is 0 Å². The van der Waals surface area contributed by atoms with Gasteiger partial charge in [-0.1, -0.05) is 5.92 Å². The van der Waals surface area contributed by atoms with Gasteiger partial charge >= 0.3 is 0 Å². The van der Waals surface area contributed by atoms with E-state index < -0.39 is 0 Å². The Bertz CT molecular complexity index is 205. The normalized spacial score (nSPS) is 15.3. The van der Waals surface area contributed by atoms with Crippen LogP contribution < -0.4 is 0 Å². The molecule has 1 saturated carbocycles. The molecule has 1 amide bonds. The molecule has 0 aromatic rings. The fourth-order valence-corrected chi connectivity index (χ4v) is 1.23. The molecule has 0 unspecified atom stereocenters. The maximum atomic E-state index is 11.2. The van der Waals surface area contributed by atoms with Crippen molar-refractivity contribution >= 4 is 17.5 Å². The van der Waals surface area contributed by atoms with Crippen LogP contribution in [0.15, 0.2) is 0 Å². The first-order valence-electron chi connectivity index (χ1n) is 4.05. The summed E-state index contributed by atoms with van der Waals surface area (Å²) in [7, 11) is 0. The van der Waals surface area contributed by atoms with Crippen LogP contribution in [0.5, 0.6) is 0 Å². The summed E-state index contributed by atoms with van der Waals surface area (Å²) in [6.45, 7) is 1.18. The minimum absolute atomic E-state index is 0.0361. The molecule has 0 saturated heterocycles. The smallest absolute Gasteiger partial charge is 0.238 e. The highest BCUT2D eigenvalue weighted by atomic mass is 35.5. The molecule has 0 bridgehead atoms. The van der Waals surface area contributed by atoms with Gasteiger partial charge in [-0.05, 0) is 18.8 Å². The third kappa shape index (κ3) is 2.75. The summed E-state index contributed by atoms with van der Waals surface area (Å²) in [5.74, 6) is 3.12. The third-order valence-electron chi connectivity index (χ3n) is 1.92. The molecule has 0 heterocycles. The second kappa shape index (κ2) is 4.37. The quantitative estimate of drug-likeness (QED) is 0.475. The molecule has 1 rings (SSSR count). The van der Waals surface area contributed by atoms with E-state index in [0.717, 1.165) is 6.54 Å². The van der Waals surface area contributed by atoms with Crippen molar-refractivity contribution < 1.29 is 4.79 Å². The third-order valence-corrected chi connectivity index (χ3v) is 2.15. The molecular weight excluding hydrogens is 174 g/mol. The van der Waals surface area contributed by atoms with Gasteiger partial charge in [0.1, 0.15) is 5.88 Å². The van der Waals surface area contributed by atoms with Gasteiger partial charge in [-0.2, -0.15) is 0 Å². The summed E-state index contributed by atoms with van der Waals surface area (Å²) in [5, 5.41) is 0. The van der Waals surface area contributed by atoms with Crippen LogP contribution in [0.25, 0.3) is 0 Å². The standard InChI is InChI=1S/C9H12ClNO/c1-2-5-11(9(12)6-10)7-8-3-4-8/h1,8H,3-7H2. The maximum Gasteiger partial charge on any atom is 0.238 e. The molecule has 0 atom stereocenters. The topological polar surface area (TPSA) is 20.3 Å². The van der Waals surface area contributed by atoms with E-state index in [-0.39, 0.29) is 11.8 Å². The number of nitrogens with zero attached hydrogens (tertiary/aromatic N) is 1. The first-order valence-corrected chi connectivity index (χ1v) is 4.58. The SMILES string of the molecule is C#CCN(CC1CC1)C(=O)CCl. The average molecular weight is 186 g/mol. The number of hydrogen-bond acceptors (Lipinski definition) is 1. The minimum atomic E-state index is -0.0542. The Kier molecular flexibility index (Phi) is 3.43. The molecular formula is C9H12ClNO. The molecule has 0 spiro atoms. The zero-order valence-electron chi connectivity index (χ0n) is 6.92. The zero-order chi connectivity index (χ0) is 8.97. The van der Waals surface area contributed by atoms with Crippen LogP contribution in [-0.4, -0.2) is 29.8 Å². The van der Waals surface area contributed by atoms with Crippen LogP contribution in [0.4, 0.5) is 0 Å². The number of rotatable bonds is 4. The average Bonchev–Trinajstić information content (AvgIpc) is 2.86. The van der Waals surface area contributed by atoms with Crippen molar-refractivity contribution in [1.82, 2.24) is 4.90 Å². The molecule has 0 aromatic carbocycles. The molecule has 1 fully saturated rings. The number of carbonyl (C=O) groups excluding carboxylic acids is 1. The van der Waals surface area contributed by atoms with Gasteiger partial charge in [-0.15, -0.1) is 18.0 Å². The molecule has 0 radical (unpaired) electrons. The molecule has 1 aliphatic carbocycles. The van der Waals surface area contributed by atoms with Crippen molar-refractivity contribution in [3.8, 4) is 12.3 Å². The van der Waals surface area contributed by atoms with Gasteiger partial charge in [0.2, 0.25) is 5.91 Å². The van der Waals surface area contributed by atoms with Crippen molar-refractivity contribution in [2.24, 2.45) is 5.92 Å². The van der Waals surface area contributed by atoms with Gasteiger partial charge in [-0.3, -0.25) is 4.79 Å². The van der Waals surface area contributed by atoms with E-state index in [1.54, 1.807) is 4.90 Å². The Balaban J connectivity index is 2.36. The van der Waals surface area contributed by atoms with Crippen LogP contribution in [-0.2, 0) is 4.79 Å². The summed E-state index contributed by atoms with van der Waals surface area (Å²) in [5.41, 5.74) is 0. The van der Waals surface area contributed by atoms with Gasteiger partial charge in [0.15, 0.2) is 0 Å². The first kappa shape index (κ1) is 9.41. The van der Waals surface area contributed by atoms with Crippen molar-refractivity contribution in [3.05, 3.63) is 0 Å². The molecule has 2 nitrogen and oxygen atoms in total. The highest BCUT2D eigenvalue weighted by Gasteiger charge is 2.25. The number of hydrogen-bond donors (Lipinski definition) is 0. The van der Waals surface area contributed by atoms with Crippen LogP contribution >= 0.6 is 11.6 Å². The summed E-state index contributed by atoms with van der Waals surface area (Å²) < 4.78 is 0. The van der Waals surface area contributed by atoms with Crippen LogP contribution in [0, 0.1) is 18.3 Å². The molecule has 0 aliphatic heterocycles. The first-order chi connectivity index (χ1) is 5.77. The van der Waals surface area contributed by atoms with Crippen molar-refractivity contribution in [2.75, 3.05) is 19.0 Å². The molecule has 1 aliphatic rings. The predicted octanol–water partition coefficient (Wildman–Crippen LogP) is 1.10.